The number of aliphatic hydroxyl groups is 1. The van der Waals surface area contributed by atoms with Gasteiger partial charge < -0.3 is 24.9 Å². The number of carbonyl (C=O) groups excluding carboxylic acids is 4. The van der Waals surface area contributed by atoms with Gasteiger partial charge in [-0.25, -0.2) is 19.6 Å². The Bertz CT molecular complexity index is 2560. The van der Waals surface area contributed by atoms with E-state index in [2.05, 4.69) is 35.3 Å². The van der Waals surface area contributed by atoms with Gasteiger partial charge in [-0.1, -0.05) is 23.3 Å². The second-order valence-corrected chi connectivity index (χ2v) is 12.2. The van der Waals surface area contributed by atoms with Gasteiger partial charge in [0.15, 0.2) is 11.5 Å². The highest BCUT2D eigenvalue weighted by Gasteiger charge is 2.36. The van der Waals surface area contributed by atoms with Gasteiger partial charge in [0.2, 0.25) is 11.7 Å². The minimum atomic E-state index is -0.671. The molecule has 1 saturated heterocycles. The van der Waals surface area contributed by atoms with Crippen LogP contribution < -0.4 is 16.6 Å². The highest BCUT2D eigenvalue weighted by molar-refractivity contribution is 6.24. The number of nitrogens with one attached hydrogen (secondary N) is 3. The molecule has 3 atom stereocenters. The zero-order chi connectivity index (χ0) is 38.1. The third-order valence-corrected chi connectivity index (χ3v) is 8.76. The Hall–Kier alpha value is -6.75. The lowest BCUT2D eigenvalue weighted by Gasteiger charge is -2.16. The van der Waals surface area contributed by atoms with Gasteiger partial charge in [-0.2, -0.15) is 0 Å². The van der Waals surface area contributed by atoms with E-state index in [0.717, 1.165) is 22.4 Å². The molecule has 5 heterocycles. The van der Waals surface area contributed by atoms with E-state index in [9.17, 15) is 28.8 Å². The molecule has 1 aromatic carbocycles. The summed E-state index contributed by atoms with van der Waals surface area (Å²) in [5, 5.41) is 16.7. The van der Waals surface area contributed by atoms with Gasteiger partial charge >= 0.3 is 11.7 Å². The van der Waals surface area contributed by atoms with Crippen LogP contribution >= 0.6 is 0 Å². The third-order valence-electron chi connectivity index (χ3n) is 8.76. The van der Waals surface area contributed by atoms with Crippen LogP contribution in [0.2, 0.25) is 0 Å². The molecule has 1 aliphatic carbocycles. The number of nitrogens with zero attached hydrogens (tertiary/aromatic N) is 6. The predicted octanol–water partition coefficient (Wildman–Crippen LogP) is 3.08. The van der Waals surface area contributed by atoms with Gasteiger partial charge in [-0.15, -0.1) is 0 Å². The van der Waals surface area contributed by atoms with Crippen LogP contribution in [0.25, 0.3) is 43.6 Å². The fraction of sp³-hybridized carbons (Fsp3) is 0.257. The number of methoxy groups -OCH3 is 1. The SMILES string of the molecule is COC(=O)c1nc(-c2ccc3c(n2)C(=O)C(NC(C)=O)=CC3=O)c2[nH]c3ccccc3c2c1C.Cc1cn([C@H]2C[C@H](N=[N+]=[N-])[C@@H](CO)O2)c(=O)[nH]c1=O. The van der Waals surface area contributed by atoms with E-state index in [1.54, 1.807) is 19.9 Å². The zero-order valence-corrected chi connectivity index (χ0v) is 28.7. The molecule has 0 spiro atoms. The summed E-state index contributed by atoms with van der Waals surface area (Å²) >= 11 is 0. The average Bonchev–Trinajstić information content (AvgIpc) is 3.74. The first-order chi connectivity index (χ1) is 25.4. The predicted molar refractivity (Wildman–Crippen MR) is 188 cm³/mol. The van der Waals surface area contributed by atoms with Gasteiger partial charge in [0.1, 0.15) is 17.6 Å². The minimum Gasteiger partial charge on any atom is -0.464 e. The normalized spacial score (nSPS) is 17.8. The Balaban J connectivity index is 0.000000214. The van der Waals surface area contributed by atoms with Crippen LogP contribution in [0, 0.1) is 13.8 Å². The Morgan fingerprint density at radius 1 is 1.11 bits per heavy atom. The molecule has 0 bridgehead atoms. The Morgan fingerprint density at radius 3 is 2.57 bits per heavy atom. The fourth-order valence-electron chi connectivity index (χ4n) is 6.25. The largest absolute Gasteiger partial charge is 0.464 e. The number of azide groups is 1. The first-order valence-electron chi connectivity index (χ1n) is 16.1. The lowest BCUT2D eigenvalue weighted by atomic mass is 9.96. The Labute approximate surface area is 298 Å². The molecular formula is C35H31N9O9. The van der Waals surface area contributed by atoms with Crippen LogP contribution in [0.3, 0.4) is 0 Å². The number of amides is 1. The number of H-pyrrole nitrogens is 2. The van der Waals surface area contributed by atoms with Crippen LogP contribution in [0.4, 0.5) is 0 Å². The van der Waals surface area contributed by atoms with Crippen LogP contribution in [-0.2, 0) is 14.3 Å². The summed E-state index contributed by atoms with van der Waals surface area (Å²) in [4.78, 5) is 89.6. The molecule has 1 aliphatic heterocycles. The van der Waals surface area contributed by atoms with E-state index in [4.69, 9.17) is 20.1 Å². The standard InChI is InChI=1S/C25H18N4O5.C10H13N5O4/c1-11-19-13-6-4-5-7-15(13)27-23(19)22(29-20(11)25(33)34-3)16-9-8-14-18(31)10-17(26-12(2)30)24(32)21(14)28-16;1-5-3-15(10(18)12-9(5)17)8-2-6(13-14-11)7(4-16)19-8/h4-10,27H,1-3H3,(H,26,30);3,6-8,16H,2,4H2,1H3,(H,12,17,18)/t;6-,7+,8+/m.0/s1. The van der Waals surface area contributed by atoms with Gasteiger partial charge in [0.25, 0.3) is 5.56 Å². The summed E-state index contributed by atoms with van der Waals surface area (Å²) in [5.41, 5.74) is 10.5. The molecule has 4 N–H and O–H groups in total. The third kappa shape index (κ3) is 6.72. The Morgan fingerprint density at radius 2 is 1.87 bits per heavy atom. The average molecular weight is 722 g/mol. The second-order valence-electron chi connectivity index (χ2n) is 12.2. The van der Waals surface area contributed by atoms with Crippen molar-refractivity contribution >= 4 is 45.2 Å². The number of aromatic nitrogens is 5. The number of Topliss-reactive ketones (excluding diaryl/α,β-unsaturated/α-hetero) is 1. The highest BCUT2D eigenvalue weighted by atomic mass is 16.5. The maximum atomic E-state index is 13.0. The van der Waals surface area contributed by atoms with Gasteiger partial charge in [0, 0.05) is 52.4 Å². The summed E-state index contributed by atoms with van der Waals surface area (Å²) < 4.78 is 11.6. The lowest BCUT2D eigenvalue weighted by Crippen LogP contribution is -2.33. The van der Waals surface area contributed by atoms with E-state index in [-0.39, 0.29) is 41.4 Å². The number of fused-ring (bicyclic) bond motifs is 4. The number of para-hydroxylation sites is 1. The van der Waals surface area contributed by atoms with Crippen molar-refractivity contribution in [1.82, 2.24) is 29.8 Å². The number of pyridine rings is 2. The first kappa shape index (κ1) is 36.1. The molecule has 7 rings (SSSR count). The summed E-state index contributed by atoms with van der Waals surface area (Å²) in [5.74, 6) is -2.11. The van der Waals surface area contributed by atoms with Crippen molar-refractivity contribution in [2.24, 2.45) is 5.11 Å². The number of benzene rings is 1. The smallest absolute Gasteiger partial charge is 0.356 e. The van der Waals surface area contributed by atoms with Crippen molar-refractivity contribution in [2.45, 2.75) is 45.6 Å². The Kier molecular flexibility index (Phi) is 9.84. The molecule has 18 nitrogen and oxygen atoms in total. The number of hydrogen-bond acceptors (Lipinski definition) is 12. The topological polar surface area (TPSA) is 264 Å². The zero-order valence-electron chi connectivity index (χ0n) is 28.7. The molecule has 5 aromatic rings. The number of aryl methyl sites for hydroxylation is 2. The molecule has 1 fully saturated rings. The fourth-order valence-corrected chi connectivity index (χ4v) is 6.25. The molecule has 0 radical (unpaired) electrons. The van der Waals surface area contributed by atoms with E-state index >= 15 is 0 Å². The van der Waals surface area contributed by atoms with E-state index in [0.29, 0.717) is 22.3 Å². The number of ketones is 2. The molecule has 0 saturated carbocycles. The van der Waals surface area contributed by atoms with Crippen LogP contribution in [0.15, 0.2) is 69.1 Å². The lowest BCUT2D eigenvalue weighted by molar-refractivity contribution is -0.118. The van der Waals surface area contributed by atoms with Crippen molar-refractivity contribution in [3.8, 4) is 11.4 Å². The molecule has 2 aliphatic rings. The maximum absolute atomic E-state index is 13.0. The molecule has 18 heteroatoms. The molecule has 270 valence electrons. The minimum absolute atomic E-state index is 0.0972. The number of aliphatic hydroxyl groups excluding tert-OH is 1. The number of hydrogen-bond donors (Lipinski definition) is 4. The molecule has 1 amide bonds. The van der Waals surface area contributed by atoms with Crippen molar-refractivity contribution in [2.75, 3.05) is 13.7 Å². The summed E-state index contributed by atoms with van der Waals surface area (Å²) in [6.45, 7) is 4.29. The first-order valence-corrected chi connectivity index (χ1v) is 16.1. The number of allylic oxidation sites excluding steroid dienone is 2. The van der Waals surface area contributed by atoms with Gasteiger partial charge in [-0.3, -0.25) is 28.7 Å². The molecular weight excluding hydrogens is 690 g/mol. The monoisotopic (exact) mass is 721 g/mol. The van der Waals surface area contributed by atoms with Gasteiger partial charge in [-0.05, 0) is 43.1 Å². The molecule has 53 heavy (non-hydrogen) atoms. The number of ether oxygens (including phenoxy) is 2. The van der Waals surface area contributed by atoms with Crippen LogP contribution in [0.1, 0.15) is 62.0 Å². The summed E-state index contributed by atoms with van der Waals surface area (Å²) in [6, 6.07) is 10.1. The van der Waals surface area contributed by atoms with E-state index < -0.39 is 53.1 Å². The number of esters is 1. The highest BCUT2D eigenvalue weighted by Crippen LogP contribution is 2.36. The summed E-state index contributed by atoms with van der Waals surface area (Å²) in [7, 11) is 1.28. The number of aromatic amines is 2. The number of rotatable bonds is 6. The van der Waals surface area contributed by atoms with Crippen LogP contribution in [0.5, 0.6) is 0 Å². The summed E-state index contributed by atoms with van der Waals surface area (Å²) in [6.07, 6.45) is 1.41. The quantitative estimate of drug-likeness (QED) is 0.0856. The number of carbonyl (C=O) groups is 4. The van der Waals surface area contributed by atoms with Gasteiger partial charge in [0.05, 0.1) is 48.3 Å². The maximum Gasteiger partial charge on any atom is 0.356 e. The van der Waals surface area contributed by atoms with E-state index in [1.165, 1.54) is 30.9 Å². The van der Waals surface area contributed by atoms with Crippen molar-refractivity contribution in [3.63, 3.8) is 0 Å². The van der Waals surface area contributed by atoms with Crippen LogP contribution in [-0.4, -0.2) is 78.9 Å². The van der Waals surface area contributed by atoms with E-state index in [1.807, 2.05) is 24.3 Å². The molecule has 4 aromatic heterocycles. The van der Waals surface area contributed by atoms with Crippen molar-refractivity contribution in [1.29, 1.82) is 0 Å². The molecule has 0 unspecified atom stereocenters. The second kappa shape index (κ2) is 14.5. The van der Waals surface area contributed by atoms with Crippen molar-refractivity contribution in [3.05, 3.63) is 114 Å². The van der Waals surface area contributed by atoms with Crippen molar-refractivity contribution < 1.29 is 33.8 Å².